The second-order valence-electron chi connectivity index (χ2n) is 1.85. The molecular weight excluding hydrogens is 138 g/mol. The Labute approximate surface area is 59.0 Å². The van der Waals surface area contributed by atoms with Crippen molar-refractivity contribution in [3.8, 4) is 0 Å². The first kappa shape index (κ1) is 12.1. The number of aliphatic hydroxyl groups is 1. The largest absolute Gasteiger partial charge is 0.480 e. The summed E-state index contributed by atoms with van der Waals surface area (Å²) in [6, 6.07) is -0.856. The lowest BCUT2D eigenvalue weighted by Gasteiger charge is -2.12. The lowest BCUT2D eigenvalue weighted by Crippen LogP contribution is -2.42. The van der Waals surface area contributed by atoms with E-state index in [1.807, 2.05) is 0 Å². The van der Waals surface area contributed by atoms with Crippen LogP contribution in [0, 0.1) is 0 Å². The van der Waals surface area contributed by atoms with Crippen LogP contribution < -0.4 is 5.32 Å². The molecule has 0 saturated heterocycles. The van der Waals surface area contributed by atoms with Gasteiger partial charge in [0.05, 0.1) is 6.10 Å². The van der Waals surface area contributed by atoms with Crippen molar-refractivity contribution in [2.24, 2.45) is 0 Å². The fourth-order valence-electron chi connectivity index (χ4n) is 0.571. The zero-order chi connectivity index (χ0) is 7.44. The van der Waals surface area contributed by atoms with E-state index in [1.54, 1.807) is 0 Å². The van der Waals surface area contributed by atoms with Gasteiger partial charge in [-0.1, -0.05) is 0 Å². The summed E-state index contributed by atoms with van der Waals surface area (Å²) in [6.07, 6.45) is -0.854. The molecule has 0 rings (SSSR count). The molecule has 2 unspecified atom stereocenters. The first-order valence-electron chi connectivity index (χ1n) is 2.67. The standard InChI is InChI=1S/C5H11NO3.H2O/c1-3(7)4(6-2)5(8)9;/h3-4,6-7H,1-2H3,(H,8,9);1H2. The highest BCUT2D eigenvalue weighted by Gasteiger charge is 2.19. The van der Waals surface area contributed by atoms with Crippen molar-refractivity contribution in [1.29, 1.82) is 0 Å². The molecule has 0 saturated carbocycles. The summed E-state index contributed by atoms with van der Waals surface area (Å²) in [5, 5.41) is 19.5. The van der Waals surface area contributed by atoms with E-state index < -0.39 is 18.1 Å². The van der Waals surface area contributed by atoms with Crippen LogP contribution in [0.25, 0.3) is 0 Å². The van der Waals surface area contributed by atoms with Gasteiger partial charge in [-0.25, -0.2) is 0 Å². The van der Waals surface area contributed by atoms with Crippen molar-refractivity contribution in [2.45, 2.75) is 19.1 Å². The molecular formula is C5H13NO4. The molecule has 0 heterocycles. The van der Waals surface area contributed by atoms with Gasteiger partial charge in [-0.3, -0.25) is 4.79 Å². The van der Waals surface area contributed by atoms with Gasteiger partial charge in [0.25, 0.3) is 0 Å². The van der Waals surface area contributed by atoms with Crippen molar-refractivity contribution in [3.63, 3.8) is 0 Å². The average Bonchev–Trinajstić information content (AvgIpc) is 1.64. The Morgan fingerprint density at radius 3 is 2.00 bits per heavy atom. The smallest absolute Gasteiger partial charge is 0.323 e. The molecule has 0 aliphatic rings. The number of likely N-dealkylation sites (N-methyl/N-ethyl adjacent to an activating group) is 1. The molecule has 0 aromatic rings. The van der Waals surface area contributed by atoms with Gasteiger partial charge in [0.15, 0.2) is 0 Å². The van der Waals surface area contributed by atoms with E-state index in [9.17, 15) is 4.79 Å². The van der Waals surface area contributed by atoms with Crippen molar-refractivity contribution >= 4 is 5.97 Å². The van der Waals surface area contributed by atoms with Crippen LogP contribution in [-0.4, -0.2) is 40.9 Å². The Morgan fingerprint density at radius 1 is 1.60 bits per heavy atom. The number of carboxylic acids is 1. The maximum absolute atomic E-state index is 10.1. The molecule has 10 heavy (non-hydrogen) atoms. The number of hydrogen-bond acceptors (Lipinski definition) is 3. The summed E-state index contributed by atoms with van der Waals surface area (Å²) in [7, 11) is 1.49. The number of rotatable bonds is 3. The second-order valence-corrected chi connectivity index (χ2v) is 1.85. The minimum Gasteiger partial charge on any atom is -0.480 e. The number of hydrogen-bond donors (Lipinski definition) is 3. The van der Waals surface area contributed by atoms with Gasteiger partial charge in [0.1, 0.15) is 6.04 Å². The molecule has 0 aliphatic heterocycles. The lowest BCUT2D eigenvalue weighted by atomic mass is 10.2. The number of carbonyl (C=O) groups is 1. The number of aliphatic carboxylic acids is 1. The quantitative estimate of drug-likeness (QED) is 0.443. The Bertz CT molecular complexity index is 104. The summed E-state index contributed by atoms with van der Waals surface area (Å²) in [4.78, 5) is 10.1. The predicted octanol–water partition coefficient (Wildman–Crippen LogP) is -1.78. The third-order valence-corrected chi connectivity index (χ3v) is 1.06. The predicted molar refractivity (Wildman–Crippen MR) is 35.8 cm³/mol. The lowest BCUT2D eigenvalue weighted by molar-refractivity contribution is -0.141. The van der Waals surface area contributed by atoms with Crippen molar-refractivity contribution < 1.29 is 20.5 Å². The van der Waals surface area contributed by atoms with Crippen LogP contribution in [0.5, 0.6) is 0 Å². The fourth-order valence-corrected chi connectivity index (χ4v) is 0.571. The Balaban J connectivity index is 0. The topological polar surface area (TPSA) is 101 Å². The minimum absolute atomic E-state index is 0. The van der Waals surface area contributed by atoms with E-state index in [0.29, 0.717) is 0 Å². The van der Waals surface area contributed by atoms with Crippen LogP contribution in [0.15, 0.2) is 0 Å². The number of carboxylic acid groups (broad SMARTS) is 1. The molecule has 0 bridgehead atoms. The summed E-state index contributed by atoms with van der Waals surface area (Å²) >= 11 is 0. The van der Waals surface area contributed by atoms with Gasteiger partial charge in [-0.2, -0.15) is 0 Å². The molecule has 0 radical (unpaired) electrons. The molecule has 0 aliphatic carbocycles. The van der Waals surface area contributed by atoms with Gasteiger partial charge < -0.3 is 21.0 Å². The van der Waals surface area contributed by atoms with E-state index in [2.05, 4.69) is 5.32 Å². The highest BCUT2D eigenvalue weighted by Crippen LogP contribution is 1.89. The van der Waals surface area contributed by atoms with Crippen LogP contribution >= 0.6 is 0 Å². The molecule has 62 valence electrons. The molecule has 0 spiro atoms. The van der Waals surface area contributed by atoms with Crippen LogP contribution in [0.3, 0.4) is 0 Å². The van der Waals surface area contributed by atoms with Gasteiger partial charge >= 0.3 is 5.97 Å². The highest BCUT2D eigenvalue weighted by atomic mass is 16.4. The summed E-state index contributed by atoms with van der Waals surface area (Å²) < 4.78 is 0. The molecule has 5 N–H and O–H groups in total. The zero-order valence-electron chi connectivity index (χ0n) is 5.96. The molecule has 5 heteroatoms. The molecule has 0 aromatic carbocycles. The van der Waals surface area contributed by atoms with Gasteiger partial charge in [0, 0.05) is 0 Å². The Kier molecular flexibility index (Phi) is 6.23. The number of aliphatic hydroxyl groups excluding tert-OH is 1. The van der Waals surface area contributed by atoms with E-state index in [1.165, 1.54) is 14.0 Å². The molecule has 2 atom stereocenters. The van der Waals surface area contributed by atoms with Crippen LogP contribution in [0.4, 0.5) is 0 Å². The first-order chi connectivity index (χ1) is 4.09. The van der Waals surface area contributed by atoms with Crippen molar-refractivity contribution in [2.75, 3.05) is 7.05 Å². The average molecular weight is 151 g/mol. The molecule has 5 nitrogen and oxygen atoms in total. The van der Waals surface area contributed by atoms with Crippen molar-refractivity contribution in [3.05, 3.63) is 0 Å². The summed E-state index contributed by atoms with van der Waals surface area (Å²) in [5.41, 5.74) is 0. The fraction of sp³-hybridized carbons (Fsp3) is 0.800. The summed E-state index contributed by atoms with van der Waals surface area (Å²) in [5.74, 6) is -1.03. The van der Waals surface area contributed by atoms with Crippen LogP contribution in [-0.2, 0) is 4.79 Å². The second kappa shape index (κ2) is 5.16. The van der Waals surface area contributed by atoms with Gasteiger partial charge in [-0.15, -0.1) is 0 Å². The summed E-state index contributed by atoms with van der Waals surface area (Å²) in [6.45, 7) is 1.43. The normalized spacial score (nSPS) is 15.1. The van der Waals surface area contributed by atoms with E-state index in [0.717, 1.165) is 0 Å². The third-order valence-electron chi connectivity index (χ3n) is 1.06. The zero-order valence-corrected chi connectivity index (χ0v) is 5.96. The Morgan fingerprint density at radius 2 is 2.00 bits per heavy atom. The Hall–Kier alpha value is -0.650. The molecule has 0 aromatic heterocycles. The number of nitrogens with one attached hydrogen (secondary N) is 1. The van der Waals surface area contributed by atoms with Crippen molar-refractivity contribution in [1.82, 2.24) is 5.32 Å². The third kappa shape index (κ3) is 3.39. The van der Waals surface area contributed by atoms with E-state index in [-0.39, 0.29) is 5.48 Å². The monoisotopic (exact) mass is 151 g/mol. The van der Waals surface area contributed by atoms with Gasteiger partial charge in [-0.05, 0) is 14.0 Å². The highest BCUT2D eigenvalue weighted by molar-refractivity contribution is 5.74. The molecule has 0 fully saturated rings. The molecule has 0 amide bonds. The van der Waals surface area contributed by atoms with E-state index >= 15 is 0 Å². The van der Waals surface area contributed by atoms with Gasteiger partial charge in [0.2, 0.25) is 0 Å². The maximum atomic E-state index is 10.1. The van der Waals surface area contributed by atoms with Crippen LogP contribution in [0.2, 0.25) is 0 Å². The van der Waals surface area contributed by atoms with E-state index in [4.69, 9.17) is 10.2 Å². The first-order valence-corrected chi connectivity index (χ1v) is 2.67. The SMILES string of the molecule is CNC(C(=O)O)C(C)O.O. The minimum atomic E-state index is -1.03. The van der Waals surface area contributed by atoms with Crippen LogP contribution in [0.1, 0.15) is 6.92 Å². The maximum Gasteiger partial charge on any atom is 0.323 e.